The standard InChI is InChI=1S/C15H25N3O3S/c19-14(17-5-7-21-8-6-17)10-22-11-15(20)18-12-1-2-13(18)9-16-4-3-12/h12-13,16H,1-11H2. The first kappa shape index (κ1) is 16.1. The van der Waals surface area contributed by atoms with Gasteiger partial charge in [0.15, 0.2) is 0 Å². The van der Waals surface area contributed by atoms with Crippen molar-refractivity contribution in [2.75, 3.05) is 50.9 Å². The van der Waals surface area contributed by atoms with Crippen LogP contribution in [-0.2, 0) is 14.3 Å². The lowest BCUT2D eigenvalue weighted by Gasteiger charge is -2.28. The van der Waals surface area contributed by atoms with Gasteiger partial charge in [0, 0.05) is 31.7 Å². The SMILES string of the molecule is O=C(CSCC(=O)N1C2CCNCC1CC2)N1CCOCC1. The summed E-state index contributed by atoms with van der Waals surface area (Å²) in [5.74, 6) is 1.15. The number of thioether (sulfide) groups is 1. The highest BCUT2D eigenvalue weighted by molar-refractivity contribution is 8.00. The van der Waals surface area contributed by atoms with Gasteiger partial charge in [0.05, 0.1) is 24.7 Å². The molecular weight excluding hydrogens is 302 g/mol. The van der Waals surface area contributed by atoms with Crippen molar-refractivity contribution >= 4 is 23.6 Å². The zero-order valence-corrected chi connectivity index (χ0v) is 13.8. The molecule has 3 saturated heterocycles. The van der Waals surface area contributed by atoms with Gasteiger partial charge in [0.25, 0.3) is 0 Å². The van der Waals surface area contributed by atoms with Gasteiger partial charge < -0.3 is 19.9 Å². The van der Waals surface area contributed by atoms with E-state index >= 15 is 0 Å². The number of hydrogen-bond acceptors (Lipinski definition) is 5. The smallest absolute Gasteiger partial charge is 0.233 e. The van der Waals surface area contributed by atoms with Crippen LogP contribution in [0.5, 0.6) is 0 Å². The van der Waals surface area contributed by atoms with Crippen molar-refractivity contribution in [3.05, 3.63) is 0 Å². The summed E-state index contributed by atoms with van der Waals surface area (Å²) in [6, 6.07) is 0.763. The van der Waals surface area contributed by atoms with E-state index in [1.807, 2.05) is 4.90 Å². The molecular formula is C15H25N3O3S. The Labute approximate surface area is 135 Å². The van der Waals surface area contributed by atoms with E-state index in [0.717, 1.165) is 32.4 Å². The van der Waals surface area contributed by atoms with Crippen LogP contribution >= 0.6 is 11.8 Å². The summed E-state index contributed by atoms with van der Waals surface area (Å²) in [6.07, 6.45) is 3.30. The minimum absolute atomic E-state index is 0.126. The van der Waals surface area contributed by atoms with Crippen LogP contribution in [-0.4, -0.2) is 84.6 Å². The summed E-state index contributed by atoms with van der Waals surface area (Å²) >= 11 is 1.45. The van der Waals surface area contributed by atoms with Gasteiger partial charge in [-0.2, -0.15) is 0 Å². The third-order valence-corrected chi connectivity index (χ3v) is 5.66. The van der Waals surface area contributed by atoms with Crippen LogP contribution in [0.15, 0.2) is 0 Å². The monoisotopic (exact) mass is 327 g/mol. The predicted octanol–water partition coefficient (Wildman–Crippen LogP) is -0.0687. The van der Waals surface area contributed by atoms with Gasteiger partial charge in [0.1, 0.15) is 0 Å². The van der Waals surface area contributed by atoms with Gasteiger partial charge >= 0.3 is 0 Å². The summed E-state index contributed by atoms with van der Waals surface area (Å²) in [6.45, 7) is 4.52. The molecule has 0 aromatic heterocycles. The first-order valence-corrected chi connectivity index (χ1v) is 9.36. The number of fused-ring (bicyclic) bond motifs is 2. The highest BCUT2D eigenvalue weighted by Crippen LogP contribution is 2.28. The third-order valence-electron chi connectivity index (χ3n) is 4.76. The minimum Gasteiger partial charge on any atom is -0.378 e. The van der Waals surface area contributed by atoms with E-state index in [-0.39, 0.29) is 11.8 Å². The van der Waals surface area contributed by atoms with Crippen molar-refractivity contribution < 1.29 is 14.3 Å². The van der Waals surface area contributed by atoms with Crippen molar-refractivity contribution in [1.82, 2.24) is 15.1 Å². The van der Waals surface area contributed by atoms with E-state index < -0.39 is 0 Å². The van der Waals surface area contributed by atoms with Gasteiger partial charge in [-0.15, -0.1) is 11.8 Å². The van der Waals surface area contributed by atoms with Crippen LogP contribution < -0.4 is 5.32 Å². The van der Waals surface area contributed by atoms with Gasteiger partial charge in [-0.05, 0) is 25.8 Å². The Kier molecular flexibility index (Phi) is 5.60. The van der Waals surface area contributed by atoms with Crippen molar-refractivity contribution in [3.63, 3.8) is 0 Å². The van der Waals surface area contributed by atoms with E-state index in [4.69, 9.17) is 4.74 Å². The van der Waals surface area contributed by atoms with Crippen molar-refractivity contribution in [2.45, 2.75) is 31.3 Å². The molecule has 22 heavy (non-hydrogen) atoms. The average Bonchev–Trinajstić information content (AvgIpc) is 2.81. The molecule has 2 unspecified atom stereocenters. The summed E-state index contributed by atoms with van der Waals surface area (Å²) in [5.41, 5.74) is 0. The van der Waals surface area contributed by atoms with Crippen LogP contribution in [0.25, 0.3) is 0 Å². The third kappa shape index (κ3) is 3.75. The van der Waals surface area contributed by atoms with Crippen LogP contribution in [0.2, 0.25) is 0 Å². The zero-order valence-electron chi connectivity index (χ0n) is 13.0. The Morgan fingerprint density at radius 1 is 1.05 bits per heavy atom. The Morgan fingerprint density at radius 2 is 1.77 bits per heavy atom. The fourth-order valence-corrected chi connectivity index (χ4v) is 4.38. The molecule has 0 radical (unpaired) electrons. The lowest BCUT2D eigenvalue weighted by Crippen LogP contribution is -2.44. The topological polar surface area (TPSA) is 61.9 Å². The number of rotatable bonds is 4. The number of ether oxygens (including phenoxy) is 1. The molecule has 124 valence electrons. The number of morpholine rings is 1. The highest BCUT2D eigenvalue weighted by Gasteiger charge is 2.37. The molecule has 3 fully saturated rings. The Hall–Kier alpha value is -0.790. The Balaban J connectivity index is 1.43. The van der Waals surface area contributed by atoms with E-state index in [0.29, 0.717) is 49.9 Å². The molecule has 7 heteroatoms. The molecule has 2 bridgehead atoms. The Morgan fingerprint density at radius 3 is 2.59 bits per heavy atom. The largest absolute Gasteiger partial charge is 0.378 e. The van der Waals surface area contributed by atoms with Crippen LogP contribution in [0.4, 0.5) is 0 Å². The first-order valence-electron chi connectivity index (χ1n) is 8.21. The number of hydrogen-bond donors (Lipinski definition) is 1. The lowest BCUT2D eigenvalue weighted by molar-refractivity contribution is -0.132. The second-order valence-corrected chi connectivity index (χ2v) is 7.15. The normalized spacial score (nSPS) is 28.5. The number of carbonyl (C=O) groups is 2. The molecule has 0 saturated carbocycles. The van der Waals surface area contributed by atoms with E-state index in [1.54, 1.807) is 0 Å². The molecule has 0 aromatic rings. The van der Waals surface area contributed by atoms with E-state index in [1.165, 1.54) is 11.8 Å². The van der Waals surface area contributed by atoms with E-state index in [2.05, 4.69) is 10.2 Å². The molecule has 2 amide bonds. The van der Waals surface area contributed by atoms with Crippen LogP contribution in [0.1, 0.15) is 19.3 Å². The van der Waals surface area contributed by atoms with Gasteiger partial charge in [-0.1, -0.05) is 0 Å². The maximum Gasteiger partial charge on any atom is 0.233 e. The van der Waals surface area contributed by atoms with E-state index in [9.17, 15) is 9.59 Å². The lowest BCUT2D eigenvalue weighted by atomic mass is 10.1. The Bertz CT molecular complexity index is 401. The molecule has 0 aliphatic carbocycles. The van der Waals surface area contributed by atoms with Gasteiger partial charge in [-0.3, -0.25) is 9.59 Å². The second-order valence-electron chi connectivity index (χ2n) is 6.16. The molecule has 3 aliphatic heterocycles. The van der Waals surface area contributed by atoms with Gasteiger partial charge in [-0.25, -0.2) is 0 Å². The summed E-state index contributed by atoms with van der Waals surface area (Å²) < 4.78 is 5.25. The average molecular weight is 327 g/mol. The number of nitrogens with one attached hydrogen (secondary N) is 1. The van der Waals surface area contributed by atoms with Crippen LogP contribution in [0, 0.1) is 0 Å². The van der Waals surface area contributed by atoms with Crippen molar-refractivity contribution in [2.24, 2.45) is 0 Å². The highest BCUT2D eigenvalue weighted by atomic mass is 32.2. The van der Waals surface area contributed by atoms with Crippen LogP contribution in [0.3, 0.4) is 0 Å². The molecule has 3 heterocycles. The van der Waals surface area contributed by atoms with Gasteiger partial charge in [0.2, 0.25) is 11.8 Å². The zero-order chi connectivity index (χ0) is 15.4. The molecule has 0 spiro atoms. The second kappa shape index (κ2) is 7.66. The molecule has 3 aliphatic rings. The minimum atomic E-state index is 0.126. The summed E-state index contributed by atoms with van der Waals surface area (Å²) in [5, 5.41) is 3.41. The number of amides is 2. The number of carbonyl (C=O) groups excluding carboxylic acids is 2. The maximum absolute atomic E-state index is 12.5. The predicted molar refractivity (Wildman–Crippen MR) is 85.9 cm³/mol. The molecule has 2 atom stereocenters. The summed E-state index contributed by atoms with van der Waals surface area (Å²) in [7, 11) is 0. The molecule has 0 aromatic carbocycles. The molecule has 1 N–H and O–H groups in total. The quantitative estimate of drug-likeness (QED) is 0.783. The fraction of sp³-hybridized carbons (Fsp3) is 0.867. The first-order chi connectivity index (χ1) is 10.8. The number of nitrogens with zero attached hydrogens (tertiary/aromatic N) is 2. The maximum atomic E-state index is 12.5. The molecule has 6 nitrogen and oxygen atoms in total. The summed E-state index contributed by atoms with van der Waals surface area (Å²) in [4.78, 5) is 28.5. The fourth-order valence-electron chi connectivity index (χ4n) is 3.59. The van der Waals surface area contributed by atoms with Crippen molar-refractivity contribution in [1.29, 1.82) is 0 Å². The molecule has 3 rings (SSSR count). The van der Waals surface area contributed by atoms with Crippen molar-refractivity contribution in [3.8, 4) is 0 Å².